The molecule has 0 aliphatic carbocycles. The number of carbonyl (C=O) groups is 1. The lowest BCUT2D eigenvalue weighted by Gasteiger charge is -2.30. The smallest absolute Gasteiger partial charge is 0.223 e. The van der Waals surface area contributed by atoms with Crippen LogP contribution in [-0.4, -0.2) is 44.9 Å². The molecule has 1 amide bonds. The van der Waals surface area contributed by atoms with Crippen LogP contribution < -0.4 is 10.1 Å². The molecule has 2 aromatic rings. The van der Waals surface area contributed by atoms with Gasteiger partial charge < -0.3 is 10.1 Å². The van der Waals surface area contributed by atoms with Crippen molar-refractivity contribution < 1.29 is 17.9 Å². The zero-order chi connectivity index (χ0) is 21.6. The van der Waals surface area contributed by atoms with E-state index in [0.717, 1.165) is 0 Å². The monoisotopic (exact) mass is 470 g/mol. The first-order chi connectivity index (χ1) is 14.3. The third kappa shape index (κ3) is 6.35. The topological polar surface area (TPSA) is 75.7 Å². The van der Waals surface area contributed by atoms with Gasteiger partial charge in [-0.2, -0.15) is 0 Å². The van der Waals surface area contributed by atoms with E-state index in [1.807, 2.05) is 12.1 Å². The maximum atomic E-state index is 12.7. The summed E-state index contributed by atoms with van der Waals surface area (Å²) in [6, 6.07) is 14.0. The van der Waals surface area contributed by atoms with Gasteiger partial charge in [-0.1, -0.05) is 47.5 Å². The maximum absolute atomic E-state index is 12.7. The molecule has 2 aromatic carbocycles. The van der Waals surface area contributed by atoms with Crippen LogP contribution in [-0.2, 0) is 20.6 Å². The van der Waals surface area contributed by atoms with Crippen molar-refractivity contribution >= 4 is 39.1 Å². The molecular weight excluding hydrogens is 447 g/mol. The number of para-hydroxylation sites is 1. The van der Waals surface area contributed by atoms with E-state index in [9.17, 15) is 13.2 Å². The van der Waals surface area contributed by atoms with Crippen LogP contribution in [0.3, 0.4) is 0 Å². The van der Waals surface area contributed by atoms with Gasteiger partial charge in [0.25, 0.3) is 0 Å². The second kappa shape index (κ2) is 10.5. The number of carbonyl (C=O) groups excluding carboxylic acids is 1. The number of nitrogens with zero attached hydrogens (tertiary/aromatic N) is 1. The van der Waals surface area contributed by atoms with Crippen LogP contribution in [0.4, 0.5) is 0 Å². The molecule has 0 unspecified atom stereocenters. The van der Waals surface area contributed by atoms with Crippen molar-refractivity contribution in [2.75, 3.05) is 26.2 Å². The van der Waals surface area contributed by atoms with Crippen LogP contribution in [0, 0.1) is 5.92 Å². The molecule has 3 rings (SSSR count). The van der Waals surface area contributed by atoms with E-state index in [-0.39, 0.29) is 17.6 Å². The van der Waals surface area contributed by atoms with E-state index in [1.54, 1.807) is 36.4 Å². The largest absolute Gasteiger partial charge is 0.490 e. The third-order valence-corrected chi connectivity index (χ3v) is 7.35. The fourth-order valence-electron chi connectivity index (χ4n) is 3.37. The van der Waals surface area contributed by atoms with Crippen LogP contribution in [0.5, 0.6) is 5.75 Å². The van der Waals surface area contributed by atoms with E-state index in [2.05, 4.69) is 5.32 Å². The fourth-order valence-corrected chi connectivity index (χ4v) is 5.32. The van der Waals surface area contributed by atoms with Gasteiger partial charge in [0.15, 0.2) is 0 Å². The fraction of sp³-hybridized carbons (Fsp3) is 0.381. The number of halogens is 2. The first kappa shape index (κ1) is 22.9. The summed E-state index contributed by atoms with van der Waals surface area (Å²) in [5.41, 5.74) is 0.654. The number of benzene rings is 2. The summed E-state index contributed by atoms with van der Waals surface area (Å²) in [4.78, 5) is 12.4. The van der Waals surface area contributed by atoms with E-state index >= 15 is 0 Å². The Morgan fingerprint density at radius 2 is 1.83 bits per heavy atom. The van der Waals surface area contributed by atoms with Crippen LogP contribution in [0.2, 0.25) is 10.0 Å². The second-order valence-corrected chi connectivity index (χ2v) is 9.94. The Kier molecular flexibility index (Phi) is 7.99. The Hall–Kier alpha value is -1.80. The molecule has 1 fully saturated rings. The van der Waals surface area contributed by atoms with Gasteiger partial charge in [-0.05, 0) is 42.7 Å². The number of amides is 1. The minimum Gasteiger partial charge on any atom is -0.490 e. The molecule has 1 aliphatic rings. The Morgan fingerprint density at radius 3 is 2.53 bits per heavy atom. The number of hydrogen-bond acceptors (Lipinski definition) is 4. The Morgan fingerprint density at radius 1 is 1.10 bits per heavy atom. The number of ether oxygens (including phenoxy) is 1. The lowest BCUT2D eigenvalue weighted by Crippen LogP contribution is -2.43. The number of piperidine rings is 1. The molecule has 1 N–H and O–H groups in total. The zero-order valence-electron chi connectivity index (χ0n) is 16.4. The molecule has 9 heteroatoms. The molecule has 1 aliphatic heterocycles. The van der Waals surface area contributed by atoms with Crippen molar-refractivity contribution in [3.8, 4) is 5.75 Å². The lowest BCUT2D eigenvalue weighted by molar-refractivity contribution is -0.126. The molecule has 1 saturated heterocycles. The summed E-state index contributed by atoms with van der Waals surface area (Å²) in [5, 5.41) is 3.89. The van der Waals surface area contributed by atoms with Gasteiger partial charge in [0.1, 0.15) is 12.4 Å². The summed E-state index contributed by atoms with van der Waals surface area (Å²) in [6.45, 7) is 1.33. The SMILES string of the molecule is O=C(NCCOc1ccccc1Cl)C1CCN(S(=O)(=O)Cc2cccc(Cl)c2)CC1. The van der Waals surface area contributed by atoms with Gasteiger partial charge in [-0.3, -0.25) is 4.79 Å². The predicted molar refractivity (Wildman–Crippen MR) is 118 cm³/mol. The Bertz CT molecular complexity index is 976. The molecule has 1 heterocycles. The Labute approximate surface area is 187 Å². The quantitative estimate of drug-likeness (QED) is 0.596. The number of sulfonamides is 1. The van der Waals surface area contributed by atoms with Crippen LogP contribution in [0.1, 0.15) is 18.4 Å². The molecule has 0 bridgehead atoms. The first-order valence-electron chi connectivity index (χ1n) is 9.72. The molecule has 0 radical (unpaired) electrons. The zero-order valence-corrected chi connectivity index (χ0v) is 18.7. The molecule has 0 saturated carbocycles. The highest BCUT2D eigenvalue weighted by atomic mass is 35.5. The molecule has 162 valence electrons. The number of rotatable bonds is 8. The van der Waals surface area contributed by atoms with Gasteiger partial charge in [0.05, 0.1) is 17.3 Å². The molecule has 0 atom stereocenters. The van der Waals surface area contributed by atoms with Crippen molar-refractivity contribution in [1.82, 2.24) is 9.62 Å². The first-order valence-corrected chi connectivity index (χ1v) is 12.1. The minimum atomic E-state index is -3.45. The molecule has 0 aromatic heterocycles. The molecule has 6 nitrogen and oxygen atoms in total. The third-order valence-electron chi connectivity index (χ3n) is 4.95. The van der Waals surface area contributed by atoms with Crippen molar-refractivity contribution in [1.29, 1.82) is 0 Å². The highest BCUT2D eigenvalue weighted by molar-refractivity contribution is 7.88. The summed E-state index contributed by atoms with van der Waals surface area (Å²) in [6.07, 6.45) is 0.984. The van der Waals surface area contributed by atoms with Crippen LogP contribution in [0.15, 0.2) is 48.5 Å². The van der Waals surface area contributed by atoms with Crippen molar-refractivity contribution in [3.63, 3.8) is 0 Å². The number of hydrogen-bond donors (Lipinski definition) is 1. The summed E-state index contributed by atoms with van der Waals surface area (Å²) in [7, 11) is -3.45. The van der Waals surface area contributed by atoms with Crippen molar-refractivity contribution in [3.05, 3.63) is 64.1 Å². The van der Waals surface area contributed by atoms with Crippen molar-refractivity contribution in [2.24, 2.45) is 5.92 Å². The predicted octanol–water partition coefficient (Wildman–Crippen LogP) is 3.73. The van der Waals surface area contributed by atoms with E-state index in [4.69, 9.17) is 27.9 Å². The van der Waals surface area contributed by atoms with E-state index in [0.29, 0.717) is 60.4 Å². The minimum absolute atomic E-state index is 0.0790. The lowest BCUT2D eigenvalue weighted by atomic mass is 9.97. The molecular formula is C21H24Cl2N2O4S. The highest BCUT2D eigenvalue weighted by Crippen LogP contribution is 2.24. The number of nitrogens with one attached hydrogen (secondary N) is 1. The highest BCUT2D eigenvalue weighted by Gasteiger charge is 2.31. The van der Waals surface area contributed by atoms with Gasteiger partial charge in [-0.15, -0.1) is 0 Å². The van der Waals surface area contributed by atoms with E-state index in [1.165, 1.54) is 4.31 Å². The van der Waals surface area contributed by atoms with Crippen LogP contribution >= 0.6 is 23.2 Å². The van der Waals surface area contributed by atoms with Crippen molar-refractivity contribution in [2.45, 2.75) is 18.6 Å². The van der Waals surface area contributed by atoms with Gasteiger partial charge in [0.2, 0.25) is 15.9 Å². The standard InChI is InChI=1S/C21H24Cl2N2O4S/c22-18-5-3-4-16(14-18)15-30(27,28)25-11-8-17(9-12-25)21(26)24-10-13-29-20-7-2-1-6-19(20)23/h1-7,14,17H,8-13,15H2,(H,24,26). The normalized spacial score (nSPS) is 15.7. The molecule has 30 heavy (non-hydrogen) atoms. The van der Waals surface area contributed by atoms with Crippen LogP contribution in [0.25, 0.3) is 0 Å². The maximum Gasteiger partial charge on any atom is 0.223 e. The Balaban J connectivity index is 1.42. The van der Waals surface area contributed by atoms with Gasteiger partial charge in [-0.25, -0.2) is 12.7 Å². The van der Waals surface area contributed by atoms with Gasteiger partial charge in [0, 0.05) is 24.0 Å². The van der Waals surface area contributed by atoms with Gasteiger partial charge >= 0.3 is 0 Å². The second-order valence-electron chi connectivity index (χ2n) is 7.13. The summed E-state index contributed by atoms with van der Waals surface area (Å²) < 4.78 is 32.4. The molecule has 0 spiro atoms. The average molecular weight is 471 g/mol. The van der Waals surface area contributed by atoms with E-state index < -0.39 is 10.0 Å². The summed E-state index contributed by atoms with van der Waals surface area (Å²) >= 11 is 12.0. The summed E-state index contributed by atoms with van der Waals surface area (Å²) in [5.74, 6) is 0.197. The average Bonchev–Trinajstić information content (AvgIpc) is 2.72.